The zero-order valence-electron chi connectivity index (χ0n) is 20.2. The van der Waals surface area contributed by atoms with Crippen molar-refractivity contribution >= 4 is 34.3 Å². The van der Waals surface area contributed by atoms with Crippen molar-refractivity contribution in [2.45, 2.75) is 71.1 Å². The number of esters is 1. The minimum absolute atomic E-state index is 0.0737. The summed E-state index contributed by atoms with van der Waals surface area (Å²) in [5.41, 5.74) is 4.33. The first-order valence-electron chi connectivity index (χ1n) is 12.1. The van der Waals surface area contributed by atoms with Gasteiger partial charge in [0.25, 0.3) is 0 Å². The number of carbonyl (C=O) groups excluding carboxylic acids is 2. The highest BCUT2D eigenvalue weighted by Crippen LogP contribution is 2.31. The number of carbonyl (C=O) groups is 2. The second-order valence-corrected chi connectivity index (χ2v) is 9.66. The number of aryl methyl sites for hydroxylation is 1. The number of Topliss-reactive ketones (excluding diaryl/α,β-unsaturated/α-hetero) is 1. The molecule has 4 nitrogen and oxygen atoms in total. The van der Waals surface area contributed by atoms with Crippen LogP contribution in [-0.2, 0) is 23.0 Å². The van der Waals surface area contributed by atoms with E-state index in [4.69, 9.17) is 16.3 Å². The highest BCUT2D eigenvalue weighted by molar-refractivity contribution is 6.31. The molecule has 0 aliphatic heterocycles. The van der Waals surface area contributed by atoms with Gasteiger partial charge in [-0.1, -0.05) is 55.2 Å². The molecule has 1 heterocycles. The van der Waals surface area contributed by atoms with Crippen molar-refractivity contribution in [1.82, 2.24) is 4.57 Å². The number of unbranched alkanes of at least 4 members (excludes halogenated alkanes) is 3. The first kappa shape index (κ1) is 25.3. The van der Waals surface area contributed by atoms with Gasteiger partial charge in [-0.2, -0.15) is 0 Å². The molecule has 0 unspecified atom stereocenters. The van der Waals surface area contributed by atoms with Crippen LogP contribution in [-0.4, -0.2) is 23.4 Å². The van der Waals surface area contributed by atoms with Crippen LogP contribution in [0.1, 0.15) is 80.8 Å². The second kappa shape index (κ2) is 12.2. The molecule has 0 amide bonds. The van der Waals surface area contributed by atoms with E-state index in [0.29, 0.717) is 11.4 Å². The number of methoxy groups -OCH3 is 1. The monoisotopic (exact) mass is 469 g/mol. The number of aromatic nitrogens is 1. The number of rotatable bonds is 12. The third-order valence-electron chi connectivity index (χ3n) is 6.54. The number of nitrogens with zero attached hydrogens (tertiary/aromatic N) is 1. The van der Waals surface area contributed by atoms with Crippen molar-refractivity contribution in [3.63, 3.8) is 0 Å². The molecule has 5 heteroatoms. The Balaban J connectivity index is 1.67. The minimum Gasteiger partial charge on any atom is -0.469 e. The quantitative estimate of drug-likeness (QED) is 0.185. The molecule has 33 heavy (non-hydrogen) atoms. The molecule has 1 aliphatic carbocycles. The number of hydrogen-bond acceptors (Lipinski definition) is 3. The maximum absolute atomic E-state index is 13.4. The van der Waals surface area contributed by atoms with Crippen LogP contribution in [0.2, 0.25) is 5.02 Å². The first-order chi connectivity index (χ1) is 15.9. The van der Waals surface area contributed by atoms with Crippen molar-refractivity contribution in [1.29, 1.82) is 0 Å². The molecule has 0 fully saturated rings. The lowest BCUT2D eigenvalue weighted by Crippen LogP contribution is -2.13. The standard InChI is InChI=1S/C28H36ClNO3/c1-20(18-27(32)33-3)17-26(31)28-23-19-22(29)15-16-24(23)30(2)25(28)14-10-5-4-7-11-21-12-8-6-9-13-21/h8,12-13,15-16,19-20H,4-7,9-11,14,17-18H2,1-3H3/t20-/m0/s1. The fourth-order valence-corrected chi connectivity index (χ4v) is 4.93. The van der Waals surface area contributed by atoms with E-state index in [1.54, 1.807) is 0 Å². The fourth-order valence-electron chi connectivity index (χ4n) is 4.76. The summed E-state index contributed by atoms with van der Waals surface area (Å²) in [6.07, 6.45) is 16.4. The summed E-state index contributed by atoms with van der Waals surface area (Å²) in [7, 11) is 3.41. The Kier molecular flexibility index (Phi) is 9.37. The Labute approximate surface area is 202 Å². The zero-order valence-corrected chi connectivity index (χ0v) is 20.9. The summed E-state index contributed by atoms with van der Waals surface area (Å²) in [4.78, 5) is 25.0. The van der Waals surface area contributed by atoms with Gasteiger partial charge < -0.3 is 9.30 Å². The molecule has 1 atom stereocenters. The molecule has 0 spiro atoms. The molecule has 2 aromatic rings. The van der Waals surface area contributed by atoms with Gasteiger partial charge in [-0.3, -0.25) is 9.59 Å². The Morgan fingerprint density at radius 1 is 1.09 bits per heavy atom. The van der Waals surface area contributed by atoms with Gasteiger partial charge in [0.15, 0.2) is 5.78 Å². The largest absolute Gasteiger partial charge is 0.469 e. The van der Waals surface area contributed by atoms with Crippen molar-refractivity contribution < 1.29 is 14.3 Å². The van der Waals surface area contributed by atoms with E-state index < -0.39 is 0 Å². The first-order valence-corrected chi connectivity index (χ1v) is 12.5. The van der Waals surface area contributed by atoms with E-state index in [1.165, 1.54) is 38.4 Å². The number of halogens is 1. The smallest absolute Gasteiger partial charge is 0.305 e. The maximum atomic E-state index is 13.4. The average Bonchev–Trinajstić information content (AvgIpc) is 3.07. The van der Waals surface area contributed by atoms with Gasteiger partial charge in [0.1, 0.15) is 0 Å². The molecular weight excluding hydrogens is 434 g/mol. The Morgan fingerprint density at radius 3 is 2.55 bits per heavy atom. The van der Waals surface area contributed by atoms with Crippen LogP contribution in [0.15, 0.2) is 42.0 Å². The number of ether oxygens (including phenoxy) is 1. The van der Waals surface area contributed by atoms with Gasteiger partial charge in [0.2, 0.25) is 0 Å². The number of hydrogen-bond donors (Lipinski definition) is 0. The van der Waals surface area contributed by atoms with Crippen molar-refractivity contribution in [3.05, 3.63) is 58.3 Å². The van der Waals surface area contributed by atoms with E-state index in [-0.39, 0.29) is 24.1 Å². The van der Waals surface area contributed by atoms with E-state index in [1.807, 2.05) is 32.2 Å². The lowest BCUT2D eigenvalue weighted by Gasteiger charge is -2.11. The van der Waals surface area contributed by atoms with E-state index >= 15 is 0 Å². The highest BCUT2D eigenvalue weighted by Gasteiger charge is 2.23. The lowest BCUT2D eigenvalue weighted by molar-refractivity contribution is -0.141. The summed E-state index contributed by atoms with van der Waals surface area (Å²) in [6.45, 7) is 1.92. The summed E-state index contributed by atoms with van der Waals surface area (Å²) >= 11 is 6.28. The summed E-state index contributed by atoms with van der Waals surface area (Å²) in [5.74, 6) is -0.281. The normalized spacial score (nSPS) is 14.4. The van der Waals surface area contributed by atoms with Crippen LogP contribution in [0.5, 0.6) is 0 Å². The van der Waals surface area contributed by atoms with Gasteiger partial charge in [0.05, 0.1) is 7.11 Å². The van der Waals surface area contributed by atoms with Crippen LogP contribution < -0.4 is 0 Å². The molecule has 1 aromatic heterocycles. The van der Waals surface area contributed by atoms with E-state index in [9.17, 15) is 9.59 Å². The van der Waals surface area contributed by atoms with Gasteiger partial charge in [0, 0.05) is 47.1 Å². The van der Waals surface area contributed by atoms with Crippen LogP contribution in [0.4, 0.5) is 0 Å². The Hall–Kier alpha value is -2.33. The molecule has 1 aliphatic rings. The fraction of sp³-hybridized carbons (Fsp3) is 0.500. The van der Waals surface area contributed by atoms with Gasteiger partial charge in [-0.05, 0) is 62.6 Å². The predicted octanol–water partition coefficient (Wildman–Crippen LogP) is 7.37. The van der Waals surface area contributed by atoms with E-state index in [0.717, 1.165) is 47.8 Å². The summed E-state index contributed by atoms with van der Waals surface area (Å²) < 4.78 is 6.91. The van der Waals surface area contributed by atoms with Gasteiger partial charge >= 0.3 is 5.97 Å². The topological polar surface area (TPSA) is 48.3 Å². The van der Waals surface area contributed by atoms with Crippen molar-refractivity contribution in [3.8, 4) is 0 Å². The van der Waals surface area contributed by atoms with Crippen LogP contribution >= 0.6 is 11.6 Å². The van der Waals surface area contributed by atoms with Crippen LogP contribution in [0, 0.1) is 5.92 Å². The minimum atomic E-state index is -0.282. The molecular formula is C28H36ClNO3. The molecule has 0 saturated carbocycles. The molecule has 178 valence electrons. The molecule has 1 aromatic carbocycles. The van der Waals surface area contributed by atoms with Crippen molar-refractivity contribution in [2.24, 2.45) is 13.0 Å². The van der Waals surface area contributed by atoms with Gasteiger partial charge in [-0.15, -0.1) is 0 Å². The summed E-state index contributed by atoms with van der Waals surface area (Å²) in [6, 6.07) is 5.75. The van der Waals surface area contributed by atoms with Gasteiger partial charge in [-0.25, -0.2) is 0 Å². The highest BCUT2D eigenvalue weighted by atomic mass is 35.5. The molecule has 0 saturated heterocycles. The average molecular weight is 470 g/mol. The number of ketones is 1. The predicted molar refractivity (Wildman–Crippen MR) is 136 cm³/mol. The molecule has 0 N–H and O–H groups in total. The Bertz CT molecular complexity index is 1050. The van der Waals surface area contributed by atoms with Crippen LogP contribution in [0.3, 0.4) is 0 Å². The van der Waals surface area contributed by atoms with Crippen LogP contribution in [0.25, 0.3) is 10.9 Å². The van der Waals surface area contributed by atoms with E-state index in [2.05, 4.69) is 22.8 Å². The molecule has 0 radical (unpaired) electrons. The number of allylic oxidation sites excluding steroid dienone is 4. The molecule has 0 bridgehead atoms. The zero-order chi connectivity index (χ0) is 23.8. The third kappa shape index (κ3) is 6.83. The summed E-state index contributed by atoms with van der Waals surface area (Å²) in [5, 5.41) is 1.54. The number of benzene rings is 1. The van der Waals surface area contributed by atoms with Crippen molar-refractivity contribution in [2.75, 3.05) is 7.11 Å². The number of fused-ring (bicyclic) bond motifs is 1. The maximum Gasteiger partial charge on any atom is 0.305 e. The second-order valence-electron chi connectivity index (χ2n) is 9.23. The SMILES string of the molecule is COC(=O)C[C@@H](C)CC(=O)c1c(CCCCCCC2=CCCC=C2)n(C)c2ccc(Cl)cc12. The third-order valence-corrected chi connectivity index (χ3v) is 6.77. The Morgan fingerprint density at radius 2 is 1.85 bits per heavy atom. The molecule has 3 rings (SSSR count). The lowest BCUT2D eigenvalue weighted by atomic mass is 9.94.